The standard InChI is InChI=1S/C9H14N2O.ClH/c12-11-8-6-1-3-7(4-2-6)9(8)5-10-9;/h6-7,10,12H,1-5H2;1H/t6?,7?,9-;/m0./s1. The molecule has 74 valence electrons. The van der Waals surface area contributed by atoms with Gasteiger partial charge >= 0.3 is 0 Å². The fraction of sp³-hybridized carbons (Fsp3) is 0.889. The van der Waals surface area contributed by atoms with Crippen molar-refractivity contribution >= 4 is 18.1 Å². The summed E-state index contributed by atoms with van der Waals surface area (Å²) >= 11 is 0. The molecule has 1 heterocycles. The molecule has 2 N–H and O–H groups in total. The lowest BCUT2D eigenvalue weighted by atomic mass is 9.63. The molecule has 4 aliphatic rings. The molecule has 1 atom stereocenters. The lowest BCUT2D eigenvalue weighted by molar-refractivity contribution is 0.227. The Balaban J connectivity index is 0.000000653. The second-order valence-electron chi connectivity index (χ2n) is 4.36. The van der Waals surface area contributed by atoms with Crippen LogP contribution in [0.25, 0.3) is 0 Å². The maximum atomic E-state index is 8.94. The Kier molecular flexibility index (Phi) is 2.04. The average molecular weight is 203 g/mol. The zero-order valence-corrected chi connectivity index (χ0v) is 8.31. The van der Waals surface area contributed by atoms with E-state index in [0.717, 1.165) is 18.2 Å². The van der Waals surface area contributed by atoms with Gasteiger partial charge in [0.15, 0.2) is 0 Å². The Morgan fingerprint density at radius 2 is 1.92 bits per heavy atom. The SMILES string of the molecule is Cl.ON=C1C2CCC(CC2)[C@@]12CN2. The van der Waals surface area contributed by atoms with Gasteiger partial charge in [0.25, 0.3) is 0 Å². The summed E-state index contributed by atoms with van der Waals surface area (Å²) in [5, 5.41) is 15.8. The number of nitrogens with zero attached hydrogens (tertiary/aromatic N) is 1. The quantitative estimate of drug-likeness (QED) is 0.355. The van der Waals surface area contributed by atoms with E-state index < -0.39 is 0 Å². The van der Waals surface area contributed by atoms with Crippen molar-refractivity contribution < 1.29 is 5.21 Å². The van der Waals surface area contributed by atoms with Crippen molar-refractivity contribution in [2.24, 2.45) is 17.0 Å². The van der Waals surface area contributed by atoms with E-state index >= 15 is 0 Å². The number of oxime groups is 1. The van der Waals surface area contributed by atoms with Crippen LogP contribution < -0.4 is 5.32 Å². The number of fused-ring (bicyclic) bond motifs is 2. The highest BCUT2D eigenvalue weighted by Crippen LogP contribution is 2.49. The van der Waals surface area contributed by atoms with Crippen LogP contribution in [-0.2, 0) is 0 Å². The molecule has 4 heteroatoms. The molecule has 0 unspecified atom stereocenters. The molecular weight excluding hydrogens is 188 g/mol. The van der Waals surface area contributed by atoms with Crippen LogP contribution in [0.5, 0.6) is 0 Å². The van der Waals surface area contributed by atoms with Gasteiger partial charge in [0, 0.05) is 12.5 Å². The summed E-state index contributed by atoms with van der Waals surface area (Å²) in [5.74, 6) is 1.34. The van der Waals surface area contributed by atoms with Crippen LogP contribution in [0.3, 0.4) is 0 Å². The van der Waals surface area contributed by atoms with Crippen molar-refractivity contribution in [1.29, 1.82) is 0 Å². The molecule has 1 saturated heterocycles. The van der Waals surface area contributed by atoms with Crippen molar-refractivity contribution in [2.75, 3.05) is 6.54 Å². The van der Waals surface area contributed by atoms with Gasteiger partial charge in [-0.2, -0.15) is 0 Å². The number of hydrogen-bond acceptors (Lipinski definition) is 3. The van der Waals surface area contributed by atoms with Gasteiger partial charge in [0.05, 0.1) is 11.3 Å². The molecule has 0 amide bonds. The van der Waals surface area contributed by atoms with Gasteiger partial charge in [-0.25, -0.2) is 0 Å². The second kappa shape index (κ2) is 2.85. The van der Waals surface area contributed by atoms with E-state index in [-0.39, 0.29) is 17.9 Å². The highest BCUT2D eigenvalue weighted by molar-refractivity contribution is 5.99. The van der Waals surface area contributed by atoms with Crippen LogP contribution in [0, 0.1) is 11.8 Å². The third-order valence-corrected chi connectivity index (χ3v) is 3.93. The summed E-state index contributed by atoms with van der Waals surface area (Å²) < 4.78 is 0. The Labute approximate surface area is 84.0 Å². The first-order chi connectivity index (χ1) is 5.87. The summed E-state index contributed by atoms with van der Waals surface area (Å²) in [5.41, 5.74) is 1.22. The van der Waals surface area contributed by atoms with Gasteiger partial charge < -0.3 is 10.5 Å². The van der Waals surface area contributed by atoms with Gasteiger partial charge in [-0.05, 0) is 31.6 Å². The molecular formula is C9H15ClN2O. The minimum atomic E-state index is 0. The predicted octanol–water partition coefficient (Wildman–Crippen LogP) is 1.40. The summed E-state index contributed by atoms with van der Waals surface area (Å²) in [7, 11) is 0. The summed E-state index contributed by atoms with van der Waals surface area (Å²) in [4.78, 5) is 0. The smallest absolute Gasteiger partial charge is 0.0817 e. The number of rotatable bonds is 0. The fourth-order valence-electron chi connectivity index (χ4n) is 3.17. The number of nitrogens with one attached hydrogen (secondary N) is 1. The molecule has 3 aliphatic carbocycles. The zero-order chi connectivity index (χ0) is 8.18. The van der Waals surface area contributed by atoms with E-state index in [9.17, 15) is 0 Å². The van der Waals surface area contributed by atoms with Crippen LogP contribution in [0.4, 0.5) is 0 Å². The summed E-state index contributed by atoms with van der Waals surface area (Å²) in [6.07, 6.45) is 5.15. The van der Waals surface area contributed by atoms with Crippen LogP contribution >= 0.6 is 12.4 Å². The molecule has 3 saturated carbocycles. The maximum Gasteiger partial charge on any atom is 0.0817 e. The van der Waals surface area contributed by atoms with Crippen LogP contribution in [0.15, 0.2) is 5.16 Å². The lowest BCUT2D eigenvalue weighted by Gasteiger charge is -2.42. The minimum Gasteiger partial charge on any atom is -0.411 e. The van der Waals surface area contributed by atoms with Crippen molar-refractivity contribution in [3.05, 3.63) is 0 Å². The monoisotopic (exact) mass is 202 g/mol. The van der Waals surface area contributed by atoms with Crippen molar-refractivity contribution in [3.8, 4) is 0 Å². The van der Waals surface area contributed by atoms with E-state index in [1.165, 1.54) is 25.7 Å². The fourth-order valence-corrected chi connectivity index (χ4v) is 3.17. The predicted molar refractivity (Wildman–Crippen MR) is 52.7 cm³/mol. The molecule has 0 radical (unpaired) electrons. The second-order valence-corrected chi connectivity index (χ2v) is 4.36. The molecule has 1 spiro atoms. The first kappa shape index (κ1) is 9.28. The molecule has 3 nitrogen and oxygen atoms in total. The minimum absolute atomic E-state index is 0. The number of hydrogen-bond donors (Lipinski definition) is 2. The topological polar surface area (TPSA) is 54.5 Å². The highest BCUT2D eigenvalue weighted by atomic mass is 35.5. The Morgan fingerprint density at radius 3 is 2.31 bits per heavy atom. The normalized spacial score (nSPS) is 49.4. The Bertz CT molecular complexity index is 242. The molecule has 2 bridgehead atoms. The summed E-state index contributed by atoms with van der Waals surface area (Å²) in [6, 6.07) is 0. The molecule has 4 rings (SSSR count). The van der Waals surface area contributed by atoms with E-state index in [1.54, 1.807) is 0 Å². The van der Waals surface area contributed by atoms with Crippen LogP contribution in [-0.4, -0.2) is 23.0 Å². The molecule has 0 aromatic heterocycles. The number of halogens is 1. The molecule has 13 heavy (non-hydrogen) atoms. The van der Waals surface area contributed by atoms with Crippen molar-refractivity contribution in [3.63, 3.8) is 0 Å². The molecule has 0 aromatic carbocycles. The first-order valence-electron chi connectivity index (χ1n) is 4.84. The van der Waals surface area contributed by atoms with E-state index in [1.807, 2.05) is 0 Å². The van der Waals surface area contributed by atoms with Gasteiger partial charge in [0.1, 0.15) is 0 Å². The van der Waals surface area contributed by atoms with Crippen LogP contribution in [0.2, 0.25) is 0 Å². The Morgan fingerprint density at radius 1 is 1.31 bits per heavy atom. The largest absolute Gasteiger partial charge is 0.411 e. The summed E-state index contributed by atoms with van der Waals surface area (Å²) in [6.45, 7) is 1.05. The lowest BCUT2D eigenvalue weighted by Crippen LogP contribution is -2.49. The average Bonchev–Trinajstić information content (AvgIpc) is 2.88. The van der Waals surface area contributed by atoms with E-state index in [2.05, 4.69) is 10.5 Å². The van der Waals surface area contributed by atoms with Crippen LogP contribution in [0.1, 0.15) is 25.7 Å². The van der Waals surface area contributed by atoms with Crippen molar-refractivity contribution in [1.82, 2.24) is 5.32 Å². The van der Waals surface area contributed by atoms with E-state index in [0.29, 0.717) is 5.92 Å². The molecule has 1 aliphatic heterocycles. The molecule has 0 aromatic rings. The first-order valence-corrected chi connectivity index (χ1v) is 4.84. The highest BCUT2D eigenvalue weighted by Gasteiger charge is 2.59. The van der Waals surface area contributed by atoms with Crippen molar-refractivity contribution in [2.45, 2.75) is 31.2 Å². The zero-order valence-electron chi connectivity index (χ0n) is 7.49. The third kappa shape index (κ3) is 1.03. The van der Waals surface area contributed by atoms with Gasteiger partial charge in [-0.15, -0.1) is 12.4 Å². The van der Waals surface area contributed by atoms with Gasteiger partial charge in [-0.3, -0.25) is 0 Å². The van der Waals surface area contributed by atoms with E-state index in [4.69, 9.17) is 5.21 Å². The van der Waals surface area contributed by atoms with Gasteiger partial charge in [-0.1, -0.05) is 5.16 Å². The third-order valence-electron chi connectivity index (χ3n) is 3.93. The van der Waals surface area contributed by atoms with Gasteiger partial charge in [0.2, 0.25) is 0 Å². The Hall–Kier alpha value is -0.280. The molecule has 4 fully saturated rings. The maximum absolute atomic E-state index is 8.94.